The van der Waals surface area contributed by atoms with E-state index >= 15 is 0 Å². The van der Waals surface area contributed by atoms with Crippen LogP contribution in [-0.4, -0.2) is 13.3 Å². The largest absolute Gasteiger partial charge is 0.251 e. The minimum Gasteiger partial charge on any atom is -0.251 e. The van der Waals surface area contributed by atoms with Gasteiger partial charge in [0.25, 0.3) is 0 Å². The third-order valence-corrected chi connectivity index (χ3v) is 1.15. The normalized spacial score (nSPS) is 11.7. The molecule has 2 heteroatoms. The highest BCUT2D eigenvalue weighted by Crippen LogP contribution is 1.98. The molecule has 0 aromatic carbocycles. The fraction of sp³-hybridized carbons (Fsp3) is 1.00. The minimum absolute atomic E-state index is 0.170. The summed E-state index contributed by atoms with van der Waals surface area (Å²) in [7, 11) is 0. The molecule has 0 saturated heterocycles. The van der Waals surface area contributed by atoms with Crippen LogP contribution < -0.4 is 0 Å². The number of hydrogen-bond acceptors (Lipinski definition) is 0. The number of alkyl halides is 2. The van der Waals surface area contributed by atoms with E-state index in [-0.39, 0.29) is 19.3 Å². The zero-order valence-electron chi connectivity index (χ0n) is 7.16. The predicted octanol–water partition coefficient (Wildman–Crippen LogP) is 3.37. The smallest absolute Gasteiger partial charge is 0.0919 e. The Morgan fingerprint density at radius 3 is 1.60 bits per heavy atom. The Labute approximate surface area is 62.6 Å². The Hall–Kier alpha value is -0.140. The molecule has 64 valence electrons. The van der Waals surface area contributed by atoms with Crippen LogP contribution in [0.4, 0.5) is 8.78 Å². The molecule has 0 rings (SSSR count). The molecule has 0 fully saturated rings. The van der Waals surface area contributed by atoms with Crippen molar-refractivity contribution in [1.29, 1.82) is 0 Å². The SMILES string of the molecule is CCC(C)CF.CCCF. The topological polar surface area (TPSA) is 0 Å². The first-order chi connectivity index (χ1) is 4.72. The predicted molar refractivity (Wildman–Crippen MR) is 41.7 cm³/mol. The Morgan fingerprint density at radius 1 is 1.20 bits per heavy atom. The lowest BCUT2D eigenvalue weighted by Crippen LogP contribution is -1.91. The van der Waals surface area contributed by atoms with Gasteiger partial charge >= 0.3 is 0 Å². The van der Waals surface area contributed by atoms with Gasteiger partial charge in [-0.05, 0) is 12.3 Å². The fourth-order valence-corrected chi connectivity index (χ4v) is 0.109. The van der Waals surface area contributed by atoms with Crippen LogP contribution in [0.3, 0.4) is 0 Å². The summed E-state index contributed by atoms with van der Waals surface area (Å²) in [5.41, 5.74) is 0. The van der Waals surface area contributed by atoms with Crippen LogP contribution >= 0.6 is 0 Å². The van der Waals surface area contributed by atoms with E-state index in [9.17, 15) is 8.78 Å². The summed E-state index contributed by atoms with van der Waals surface area (Å²) >= 11 is 0. The molecule has 0 aliphatic rings. The van der Waals surface area contributed by atoms with Crippen molar-refractivity contribution in [2.45, 2.75) is 33.6 Å². The molecule has 1 unspecified atom stereocenters. The lowest BCUT2D eigenvalue weighted by atomic mass is 10.1. The average Bonchev–Trinajstić information content (AvgIpc) is 2.03. The average molecular weight is 152 g/mol. The zero-order chi connectivity index (χ0) is 8.41. The molecule has 0 amide bonds. The van der Waals surface area contributed by atoms with Gasteiger partial charge in [-0.1, -0.05) is 27.2 Å². The van der Waals surface area contributed by atoms with Crippen LogP contribution in [-0.2, 0) is 0 Å². The van der Waals surface area contributed by atoms with Gasteiger partial charge in [0.1, 0.15) is 0 Å². The molecule has 0 aromatic heterocycles. The van der Waals surface area contributed by atoms with Crippen LogP contribution in [0.1, 0.15) is 33.6 Å². The molecule has 10 heavy (non-hydrogen) atoms. The van der Waals surface area contributed by atoms with E-state index < -0.39 is 0 Å². The van der Waals surface area contributed by atoms with Crippen LogP contribution in [0.2, 0.25) is 0 Å². The van der Waals surface area contributed by atoms with E-state index in [1.54, 1.807) is 6.92 Å². The first-order valence-electron chi connectivity index (χ1n) is 3.84. The lowest BCUT2D eigenvalue weighted by Gasteiger charge is -1.95. The fourth-order valence-electron chi connectivity index (χ4n) is 0.109. The van der Waals surface area contributed by atoms with Gasteiger partial charge in [-0.25, -0.2) is 0 Å². The highest BCUT2D eigenvalue weighted by atomic mass is 19.1. The molecule has 0 bridgehead atoms. The van der Waals surface area contributed by atoms with Gasteiger partial charge < -0.3 is 0 Å². The molecule has 0 spiro atoms. The minimum atomic E-state index is -0.181. The van der Waals surface area contributed by atoms with Crippen molar-refractivity contribution in [2.75, 3.05) is 13.3 Å². The van der Waals surface area contributed by atoms with Crippen LogP contribution in [0, 0.1) is 5.92 Å². The van der Waals surface area contributed by atoms with Crippen molar-refractivity contribution in [2.24, 2.45) is 5.92 Å². The monoisotopic (exact) mass is 152 g/mol. The van der Waals surface area contributed by atoms with E-state index in [4.69, 9.17) is 0 Å². The summed E-state index contributed by atoms with van der Waals surface area (Å²) in [6, 6.07) is 0. The van der Waals surface area contributed by atoms with E-state index in [2.05, 4.69) is 0 Å². The number of hydrogen-bond donors (Lipinski definition) is 0. The van der Waals surface area contributed by atoms with Crippen molar-refractivity contribution in [3.05, 3.63) is 0 Å². The molecule has 0 aliphatic heterocycles. The van der Waals surface area contributed by atoms with Crippen molar-refractivity contribution in [1.82, 2.24) is 0 Å². The van der Waals surface area contributed by atoms with Crippen LogP contribution in [0.15, 0.2) is 0 Å². The molecule has 0 nitrogen and oxygen atoms in total. The van der Waals surface area contributed by atoms with Gasteiger partial charge in [0.05, 0.1) is 13.3 Å². The van der Waals surface area contributed by atoms with E-state index in [0.717, 1.165) is 6.42 Å². The maximum absolute atomic E-state index is 11.4. The molecule has 0 aliphatic carbocycles. The third-order valence-electron chi connectivity index (χ3n) is 1.15. The van der Waals surface area contributed by atoms with Crippen molar-refractivity contribution in [3.63, 3.8) is 0 Å². The molecule has 0 N–H and O–H groups in total. The van der Waals surface area contributed by atoms with Crippen LogP contribution in [0.5, 0.6) is 0 Å². The van der Waals surface area contributed by atoms with Gasteiger partial charge in [-0.3, -0.25) is 8.78 Å². The Balaban J connectivity index is 0. The first kappa shape index (κ1) is 12.5. The highest BCUT2D eigenvalue weighted by Gasteiger charge is 1.92. The third kappa shape index (κ3) is 15.7. The highest BCUT2D eigenvalue weighted by molar-refractivity contribution is 4.42. The molecule has 0 saturated carbocycles. The zero-order valence-corrected chi connectivity index (χ0v) is 7.16. The molecular formula is C8H18F2. The Kier molecular flexibility index (Phi) is 14.6. The van der Waals surface area contributed by atoms with Crippen molar-refractivity contribution in [3.8, 4) is 0 Å². The maximum Gasteiger partial charge on any atom is 0.0919 e. The van der Waals surface area contributed by atoms with Gasteiger partial charge in [-0.15, -0.1) is 0 Å². The molecule has 0 heterocycles. The molecular weight excluding hydrogens is 134 g/mol. The van der Waals surface area contributed by atoms with Crippen molar-refractivity contribution >= 4 is 0 Å². The summed E-state index contributed by atoms with van der Waals surface area (Å²) in [6.07, 6.45) is 1.61. The van der Waals surface area contributed by atoms with E-state index in [1.165, 1.54) is 0 Å². The second-order valence-electron chi connectivity index (χ2n) is 2.36. The van der Waals surface area contributed by atoms with Gasteiger partial charge in [-0.2, -0.15) is 0 Å². The Morgan fingerprint density at radius 2 is 1.60 bits per heavy atom. The maximum atomic E-state index is 11.4. The summed E-state index contributed by atoms with van der Waals surface area (Å²) in [5.74, 6) is 0.269. The second kappa shape index (κ2) is 11.6. The Bertz CT molecular complexity index is 40.5. The first-order valence-corrected chi connectivity index (χ1v) is 3.84. The van der Waals surface area contributed by atoms with E-state index in [1.807, 2.05) is 13.8 Å². The summed E-state index contributed by atoms with van der Waals surface area (Å²) in [5, 5.41) is 0. The second-order valence-corrected chi connectivity index (χ2v) is 2.36. The standard InChI is InChI=1S/C5H11F.C3H7F/c1-3-5(2)4-6;1-2-3-4/h5H,3-4H2,1-2H3;2-3H2,1H3. The molecule has 0 radical (unpaired) electrons. The summed E-state index contributed by atoms with van der Waals surface area (Å²) < 4.78 is 22.1. The summed E-state index contributed by atoms with van der Waals surface area (Å²) in [4.78, 5) is 0. The van der Waals surface area contributed by atoms with Gasteiger partial charge in [0.2, 0.25) is 0 Å². The van der Waals surface area contributed by atoms with Gasteiger partial charge in [0.15, 0.2) is 0 Å². The number of rotatable bonds is 3. The van der Waals surface area contributed by atoms with Crippen molar-refractivity contribution < 1.29 is 8.78 Å². The van der Waals surface area contributed by atoms with Crippen LogP contribution in [0.25, 0.3) is 0 Å². The van der Waals surface area contributed by atoms with Gasteiger partial charge in [0, 0.05) is 0 Å². The quantitative estimate of drug-likeness (QED) is 0.581. The number of halogens is 2. The summed E-state index contributed by atoms with van der Waals surface area (Å²) in [6.45, 7) is 5.35. The lowest BCUT2D eigenvalue weighted by molar-refractivity contribution is 0.375. The molecule has 0 aromatic rings. The molecule has 1 atom stereocenters. The van der Waals surface area contributed by atoms with E-state index in [0.29, 0.717) is 6.42 Å².